The zero-order valence-electron chi connectivity index (χ0n) is 12.2. The van der Waals surface area contributed by atoms with Crippen molar-refractivity contribution in [3.8, 4) is 0 Å². The Hall–Kier alpha value is -0.570. The summed E-state index contributed by atoms with van der Waals surface area (Å²) in [7, 11) is 0. The summed E-state index contributed by atoms with van der Waals surface area (Å²) in [6.45, 7) is 9.51. The molecule has 1 N–H and O–H groups in total. The molecular weight excluding hydrogens is 226 g/mol. The molecule has 1 aliphatic heterocycles. The first-order valence-electron chi connectivity index (χ1n) is 7.27. The molecule has 1 amide bonds. The van der Waals surface area contributed by atoms with E-state index in [0.29, 0.717) is 13.1 Å². The van der Waals surface area contributed by atoms with Crippen LogP contribution in [0, 0.1) is 17.3 Å². The maximum absolute atomic E-state index is 12.5. The van der Waals surface area contributed by atoms with Gasteiger partial charge < -0.3 is 10.0 Å². The first-order valence-corrected chi connectivity index (χ1v) is 7.27. The van der Waals surface area contributed by atoms with Gasteiger partial charge in [-0.3, -0.25) is 4.79 Å². The van der Waals surface area contributed by atoms with Crippen molar-refractivity contribution in [3.63, 3.8) is 0 Å². The van der Waals surface area contributed by atoms with Gasteiger partial charge in [-0.05, 0) is 24.2 Å². The molecule has 2 aliphatic rings. The number of hydrogen-bond donors (Lipinski definition) is 1. The predicted molar refractivity (Wildman–Crippen MR) is 72.1 cm³/mol. The van der Waals surface area contributed by atoms with Crippen molar-refractivity contribution in [2.24, 2.45) is 17.3 Å². The molecule has 0 aromatic rings. The molecular formula is C15H27NO2. The molecule has 1 aliphatic carbocycles. The Kier molecular flexibility index (Phi) is 3.48. The molecule has 0 radical (unpaired) electrons. The number of carbonyl (C=O) groups is 1. The summed E-state index contributed by atoms with van der Waals surface area (Å²) >= 11 is 0. The van der Waals surface area contributed by atoms with E-state index in [1.807, 2.05) is 18.7 Å². The Balaban J connectivity index is 1.97. The van der Waals surface area contributed by atoms with Crippen molar-refractivity contribution in [2.75, 3.05) is 13.1 Å². The van der Waals surface area contributed by atoms with Crippen molar-refractivity contribution in [2.45, 2.75) is 59.0 Å². The van der Waals surface area contributed by atoms with E-state index in [4.69, 9.17) is 0 Å². The minimum absolute atomic E-state index is 0.126. The average molecular weight is 253 g/mol. The molecule has 1 atom stereocenters. The van der Waals surface area contributed by atoms with Crippen LogP contribution in [-0.4, -0.2) is 34.6 Å². The minimum atomic E-state index is -0.644. The van der Waals surface area contributed by atoms with Gasteiger partial charge in [0.25, 0.3) is 0 Å². The highest BCUT2D eigenvalue weighted by atomic mass is 16.3. The largest absolute Gasteiger partial charge is 0.386 e. The lowest BCUT2D eigenvalue weighted by Crippen LogP contribution is -2.67. The maximum Gasteiger partial charge on any atom is 0.226 e. The van der Waals surface area contributed by atoms with Crippen LogP contribution < -0.4 is 0 Å². The van der Waals surface area contributed by atoms with Crippen LogP contribution in [0.1, 0.15) is 53.4 Å². The fourth-order valence-electron chi connectivity index (χ4n) is 3.31. The standard InChI is InChI=1S/C15H27NO2/c1-11(2)15(18)9-16(10-15)13(17)12-7-5-6-8-14(12,3)4/h11-12,18H,5-10H2,1-4H3. The third-order valence-electron chi connectivity index (χ3n) is 5.12. The Morgan fingerprint density at radius 3 is 2.39 bits per heavy atom. The lowest BCUT2D eigenvalue weighted by atomic mass is 9.67. The van der Waals surface area contributed by atoms with Gasteiger partial charge in [0.05, 0.1) is 13.1 Å². The Bertz CT molecular complexity index is 329. The number of likely N-dealkylation sites (tertiary alicyclic amines) is 1. The van der Waals surface area contributed by atoms with Gasteiger partial charge in [-0.15, -0.1) is 0 Å². The number of β-amino-alcohol motifs (C(OH)–C–C–N with tert-alkyl or cyclic N) is 1. The second kappa shape index (κ2) is 4.52. The van der Waals surface area contributed by atoms with Crippen molar-refractivity contribution in [1.82, 2.24) is 4.90 Å². The zero-order valence-corrected chi connectivity index (χ0v) is 12.2. The van der Waals surface area contributed by atoms with Crippen LogP contribution in [0.4, 0.5) is 0 Å². The highest BCUT2D eigenvalue weighted by molar-refractivity contribution is 5.81. The van der Waals surface area contributed by atoms with E-state index < -0.39 is 5.60 Å². The van der Waals surface area contributed by atoms with Crippen LogP contribution in [0.15, 0.2) is 0 Å². The first kappa shape index (κ1) is 13.9. The molecule has 3 nitrogen and oxygen atoms in total. The molecule has 2 fully saturated rings. The number of amides is 1. The molecule has 1 unspecified atom stereocenters. The number of hydrogen-bond acceptors (Lipinski definition) is 2. The number of aliphatic hydroxyl groups is 1. The molecule has 0 aromatic heterocycles. The molecule has 1 saturated carbocycles. The fourth-order valence-corrected chi connectivity index (χ4v) is 3.31. The van der Waals surface area contributed by atoms with Gasteiger partial charge in [-0.25, -0.2) is 0 Å². The Morgan fingerprint density at radius 1 is 1.28 bits per heavy atom. The normalized spacial score (nSPS) is 30.1. The van der Waals surface area contributed by atoms with Gasteiger partial charge in [-0.1, -0.05) is 40.5 Å². The predicted octanol–water partition coefficient (Wildman–Crippen LogP) is 2.43. The molecule has 0 spiro atoms. The summed E-state index contributed by atoms with van der Waals surface area (Å²) in [4.78, 5) is 14.4. The smallest absolute Gasteiger partial charge is 0.226 e. The lowest BCUT2D eigenvalue weighted by molar-refractivity contribution is -0.172. The van der Waals surface area contributed by atoms with E-state index in [-0.39, 0.29) is 23.2 Å². The molecule has 104 valence electrons. The van der Waals surface area contributed by atoms with E-state index in [2.05, 4.69) is 13.8 Å². The molecule has 18 heavy (non-hydrogen) atoms. The van der Waals surface area contributed by atoms with Crippen molar-refractivity contribution >= 4 is 5.91 Å². The van der Waals surface area contributed by atoms with Gasteiger partial charge >= 0.3 is 0 Å². The van der Waals surface area contributed by atoms with E-state index in [9.17, 15) is 9.90 Å². The minimum Gasteiger partial charge on any atom is -0.386 e. The monoisotopic (exact) mass is 253 g/mol. The van der Waals surface area contributed by atoms with Crippen LogP contribution in [-0.2, 0) is 4.79 Å². The third-order valence-corrected chi connectivity index (χ3v) is 5.12. The quantitative estimate of drug-likeness (QED) is 0.821. The Morgan fingerprint density at radius 2 is 1.89 bits per heavy atom. The third kappa shape index (κ3) is 2.29. The van der Waals surface area contributed by atoms with Crippen molar-refractivity contribution < 1.29 is 9.90 Å². The molecule has 0 bridgehead atoms. The zero-order chi connectivity index (χ0) is 13.6. The van der Waals surface area contributed by atoms with E-state index in [1.54, 1.807) is 0 Å². The summed E-state index contributed by atoms with van der Waals surface area (Å²) in [5, 5.41) is 10.2. The summed E-state index contributed by atoms with van der Waals surface area (Å²) < 4.78 is 0. The van der Waals surface area contributed by atoms with Crippen molar-refractivity contribution in [3.05, 3.63) is 0 Å². The lowest BCUT2D eigenvalue weighted by Gasteiger charge is -2.51. The van der Waals surface area contributed by atoms with Gasteiger partial charge in [0.15, 0.2) is 0 Å². The molecule has 1 saturated heterocycles. The number of rotatable bonds is 2. The Labute approximate surface area is 111 Å². The molecule has 2 rings (SSSR count). The van der Waals surface area contributed by atoms with Crippen LogP contribution in [0.3, 0.4) is 0 Å². The summed E-state index contributed by atoms with van der Waals surface area (Å²) in [6, 6.07) is 0. The summed E-state index contributed by atoms with van der Waals surface area (Å²) in [5.74, 6) is 0.647. The first-order chi connectivity index (χ1) is 8.26. The van der Waals surface area contributed by atoms with Crippen LogP contribution in [0.25, 0.3) is 0 Å². The highest BCUT2D eigenvalue weighted by Gasteiger charge is 2.49. The van der Waals surface area contributed by atoms with Gasteiger partial charge in [-0.2, -0.15) is 0 Å². The van der Waals surface area contributed by atoms with Crippen LogP contribution in [0.2, 0.25) is 0 Å². The van der Waals surface area contributed by atoms with Crippen LogP contribution in [0.5, 0.6) is 0 Å². The molecule has 1 heterocycles. The second-order valence-electron chi connectivity index (χ2n) is 7.24. The summed E-state index contributed by atoms with van der Waals surface area (Å²) in [6.07, 6.45) is 4.57. The number of carbonyl (C=O) groups excluding carboxylic acids is 1. The van der Waals surface area contributed by atoms with Crippen LogP contribution >= 0.6 is 0 Å². The topological polar surface area (TPSA) is 40.5 Å². The molecule has 0 aromatic carbocycles. The van der Waals surface area contributed by atoms with Gasteiger partial charge in [0, 0.05) is 5.92 Å². The van der Waals surface area contributed by atoms with E-state index in [0.717, 1.165) is 12.8 Å². The average Bonchev–Trinajstić information content (AvgIpc) is 2.23. The maximum atomic E-state index is 12.5. The van der Waals surface area contributed by atoms with Gasteiger partial charge in [0.2, 0.25) is 5.91 Å². The highest BCUT2D eigenvalue weighted by Crippen LogP contribution is 2.43. The second-order valence-corrected chi connectivity index (χ2v) is 7.24. The summed E-state index contributed by atoms with van der Waals surface area (Å²) in [5.41, 5.74) is -0.519. The molecule has 3 heteroatoms. The fraction of sp³-hybridized carbons (Fsp3) is 0.933. The van der Waals surface area contributed by atoms with Gasteiger partial charge in [0.1, 0.15) is 5.60 Å². The van der Waals surface area contributed by atoms with E-state index >= 15 is 0 Å². The SMILES string of the molecule is CC(C)C1(O)CN(C(=O)C2CCCCC2(C)C)C1. The van der Waals surface area contributed by atoms with E-state index in [1.165, 1.54) is 12.8 Å². The van der Waals surface area contributed by atoms with Crippen molar-refractivity contribution in [1.29, 1.82) is 0 Å². The number of nitrogens with zero attached hydrogens (tertiary/aromatic N) is 1.